The molecule has 2 N–H and O–H groups in total. The molecule has 0 bridgehead atoms. The maximum absolute atomic E-state index is 12.5. The van der Waals surface area contributed by atoms with Gasteiger partial charge in [-0.15, -0.1) is 0 Å². The number of aliphatic carboxylic acids is 2. The molecule has 6 nitrogen and oxygen atoms in total. The fourth-order valence-corrected chi connectivity index (χ4v) is 0.719. The van der Waals surface area contributed by atoms with Crippen LogP contribution < -0.4 is 0 Å². The second-order valence-electron chi connectivity index (χ2n) is 4.85. The van der Waals surface area contributed by atoms with Crippen molar-refractivity contribution in [3.8, 4) is 0 Å². The smallest absolute Gasteiger partial charge is 0.425 e. The summed E-state index contributed by atoms with van der Waals surface area (Å²) in [7, 11) is 0. The average molecular weight is 462 g/mol. The second kappa shape index (κ2) is 12.5. The predicted octanol–water partition coefficient (Wildman–Crippen LogP) is 4.09. The molecule has 174 valence electrons. The van der Waals surface area contributed by atoms with Gasteiger partial charge in [-0.1, -0.05) is 19.7 Å². The highest BCUT2D eigenvalue weighted by atomic mass is 19.4. The number of halogens is 9. The van der Waals surface area contributed by atoms with E-state index in [1.807, 2.05) is 0 Å². The van der Waals surface area contributed by atoms with Crippen LogP contribution in [0.2, 0.25) is 0 Å². The van der Waals surface area contributed by atoms with Crippen LogP contribution in [0.1, 0.15) is 6.92 Å². The van der Waals surface area contributed by atoms with Crippen molar-refractivity contribution in [3.05, 3.63) is 37.0 Å². The van der Waals surface area contributed by atoms with Crippen molar-refractivity contribution in [2.75, 3.05) is 6.61 Å². The molecule has 0 aromatic rings. The van der Waals surface area contributed by atoms with Gasteiger partial charge in [0.2, 0.25) is 0 Å². The van der Waals surface area contributed by atoms with Crippen molar-refractivity contribution >= 4 is 17.9 Å². The van der Waals surface area contributed by atoms with Crippen LogP contribution in [0.5, 0.6) is 0 Å². The van der Waals surface area contributed by atoms with E-state index >= 15 is 0 Å². The van der Waals surface area contributed by atoms with Gasteiger partial charge in [-0.25, -0.2) is 18.8 Å². The number of alkyl halides is 9. The van der Waals surface area contributed by atoms with Gasteiger partial charge in [0.1, 0.15) is 5.57 Å². The molecule has 0 aliphatic carbocycles. The molecule has 0 aromatic carbocycles. The van der Waals surface area contributed by atoms with Crippen LogP contribution in [-0.4, -0.2) is 59.2 Å². The van der Waals surface area contributed by atoms with Crippen molar-refractivity contribution in [1.82, 2.24) is 0 Å². The molecule has 0 rings (SSSR count). The first-order valence-electron chi connectivity index (χ1n) is 6.87. The lowest BCUT2D eigenvalue weighted by atomic mass is 10.2. The number of carboxylic acids is 2. The van der Waals surface area contributed by atoms with Gasteiger partial charge in [-0.05, 0) is 6.92 Å². The average Bonchev–Trinajstić information content (AvgIpc) is 2.57. The van der Waals surface area contributed by atoms with Crippen LogP contribution in [-0.2, 0) is 19.1 Å². The highest BCUT2D eigenvalue weighted by molar-refractivity contribution is 5.87. The summed E-state index contributed by atoms with van der Waals surface area (Å²) in [5.74, 6) is -9.15. The standard InChI is InChI=1S/C8H8F6O2.C4H3F3O2.C3H4O2/c1-4(2)5(15)16-3-7(10,11)6(9)8(12,13)14;1-2(3(8)9)4(5,6)7;1-2-3(4)5/h6H,1,3H2,2H3;1H2,(H,8,9);2H,1H2,(H,4,5). The summed E-state index contributed by atoms with van der Waals surface area (Å²) in [5.41, 5.74) is -2.03. The van der Waals surface area contributed by atoms with E-state index in [1.165, 1.54) is 0 Å². The Morgan fingerprint density at radius 1 is 1.00 bits per heavy atom. The van der Waals surface area contributed by atoms with Gasteiger partial charge in [0.15, 0.2) is 6.61 Å². The largest absolute Gasteiger partial charge is 0.478 e. The summed E-state index contributed by atoms with van der Waals surface area (Å²) in [6.45, 7) is 7.40. The van der Waals surface area contributed by atoms with Crippen molar-refractivity contribution in [1.29, 1.82) is 0 Å². The predicted molar refractivity (Wildman–Crippen MR) is 82.3 cm³/mol. The number of carbonyl (C=O) groups excluding carboxylic acids is 1. The van der Waals surface area contributed by atoms with Crippen LogP contribution in [0.3, 0.4) is 0 Å². The number of hydrogen-bond acceptors (Lipinski definition) is 4. The molecule has 1 unspecified atom stereocenters. The molecular formula is C15H15F9O6. The molecule has 30 heavy (non-hydrogen) atoms. The van der Waals surface area contributed by atoms with Gasteiger partial charge in [0.05, 0.1) is 0 Å². The number of hydrogen-bond donors (Lipinski definition) is 2. The quantitative estimate of drug-likeness (QED) is 0.351. The number of carbonyl (C=O) groups is 3. The molecule has 0 saturated carbocycles. The lowest BCUT2D eigenvalue weighted by molar-refractivity contribution is -0.253. The molecule has 0 saturated heterocycles. The molecule has 0 spiro atoms. The van der Waals surface area contributed by atoms with E-state index in [4.69, 9.17) is 10.2 Å². The van der Waals surface area contributed by atoms with Crippen molar-refractivity contribution in [2.24, 2.45) is 0 Å². The summed E-state index contributed by atoms with van der Waals surface area (Å²) >= 11 is 0. The molecule has 0 radical (unpaired) electrons. The highest BCUT2D eigenvalue weighted by Gasteiger charge is 2.57. The Kier molecular flexibility index (Phi) is 13.2. The highest BCUT2D eigenvalue weighted by Crippen LogP contribution is 2.35. The molecule has 0 aliphatic rings. The summed E-state index contributed by atoms with van der Waals surface area (Å²) in [5, 5.41) is 15.3. The SMILES string of the molecule is C=C(C(=O)O)C(F)(F)F.C=C(C)C(=O)OCC(F)(F)C(F)C(F)(F)F.C=CC(=O)O. The Balaban J connectivity index is -0.000000435. The molecule has 1 atom stereocenters. The van der Waals surface area contributed by atoms with Crippen LogP contribution in [0.4, 0.5) is 39.5 Å². The molecular weight excluding hydrogens is 447 g/mol. The first kappa shape index (κ1) is 31.7. The molecule has 0 heterocycles. The minimum Gasteiger partial charge on any atom is -0.478 e. The zero-order valence-corrected chi connectivity index (χ0v) is 14.9. The third kappa shape index (κ3) is 15.0. The van der Waals surface area contributed by atoms with Gasteiger partial charge in [0, 0.05) is 11.6 Å². The Morgan fingerprint density at radius 3 is 1.53 bits per heavy atom. The minimum absolute atomic E-state index is 0.279. The van der Waals surface area contributed by atoms with Gasteiger partial charge in [-0.3, -0.25) is 0 Å². The summed E-state index contributed by atoms with van der Waals surface area (Å²) < 4.78 is 110. The number of carboxylic acid groups (broad SMARTS) is 2. The number of esters is 1. The molecule has 0 aromatic heterocycles. The van der Waals surface area contributed by atoms with Crippen LogP contribution in [0.15, 0.2) is 37.0 Å². The first-order chi connectivity index (χ1) is 13.1. The van der Waals surface area contributed by atoms with Crippen molar-refractivity contribution < 1.29 is 68.8 Å². The van der Waals surface area contributed by atoms with E-state index in [-0.39, 0.29) is 5.57 Å². The zero-order chi connectivity index (χ0) is 25.1. The number of rotatable bonds is 6. The van der Waals surface area contributed by atoms with E-state index < -0.39 is 54.5 Å². The van der Waals surface area contributed by atoms with Gasteiger partial charge in [0.25, 0.3) is 6.17 Å². The van der Waals surface area contributed by atoms with Gasteiger partial charge < -0.3 is 14.9 Å². The maximum atomic E-state index is 12.5. The first-order valence-corrected chi connectivity index (χ1v) is 6.87. The van der Waals surface area contributed by atoms with E-state index in [2.05, 4.69) is 24.5 Å². The van der Waals surface area contributed by atoms with E-state index in [1.54, 1.807) is 0 Å². The van der Waals surface area contributed by atoms with Crippen molar-refractivity contribution in [3.63, 3.8) is 0 Å². The maximum Gasteiger partial charge on any atom is 0.425 e. The Hall–Kier alpha value is -3.00. The van der Waals surface area contributed by atoms with Crippen LogP contribution >= 0.6 is 0 Å². The topological polar surface area (TPSA) is 101 Å². The summed E-state index contributed by atoms with van der Waals surface area (Å²) in [4.78, 5) is 29.4. The van der Waals surface area contributed by atoms with Gasteiger partial charge in [-0.2, -0.15) is 35.1 Å². The zero-order valence-electron chi connectivity index (χ0n) is 14.9. The lowest BCUT2D eigenvalue weighted by Crippen LogP contribution is -2.45. The monoisotopic (exact) mass is 462 g/mol. The van der Waals surface area contributed by atoms with Gasteiger partial charge >= 0.3 is 36.2 Å². The van der Waals surface area contributed by atoms with Crippen LogP contribution in [0.25, 0.3) is 0 Å². The minimum atomic E-state index is -5.71. The Labute approximate surface area is 162 Å². The van der Waals surface area contributed by atoms with E-state index in [0.717, 1.165) is 13.0 Å². The summed E-state index contributed by atoms with van der Waals surface area (Å²) in [6, 6.07) is 0. The third-order valence-electron chi connectivity index (χ3n) is 2.18. The fourth-order valence-electron chi connectivity index (χ4n) is 0.719. The summed E-state index contributed by atoms with van der Waals surface area (Å²) in [6.07, 6.45) is -14.1. The second-order valence-corrected chi connectivity index (χ2v) is 4.85. The molecule has 0 aliphatic heterocycles. The Bertz CT molecular complexity index is 650. The van der Waals surface area contributed by atoms with E-state index in [9.17, 15) is 53.9 Å². The van der Waals surface area contributed by atoms with Crippen LogP contribution in [0, 0.1) is 0 Å². The molecule has 0 amide bonds. The normalized spacial score (nSPS) is 12.1. The lowest BCUT2D eigenvalue weighted by Gasteiger charge is -2.22. The van der Waals surface area contributed by atoms with E-state index in [0.29, 0.717) is 0 Å². The Morgan fingerprint density at radius 2 is 1.37 bits per heavy atom. The molecule has 15 heteroatoms. The third-order valence-corrected chi connectivity index (χ3v) is 2.18. The molecule has 0 fully saturated rings. The number of ether oxygens (including phenoxy) is 1. The fraction of sp³-hybridized carbons (Fsp3) is 0.400. The van der Waals surface area contributed by atoms with Crippen molar-refractivity contribution in [2.45, 2.75) is 31.4 Å².